The van der Waals surface area contributed by atoms with E-state index in [1.165, 1.54) is 0 Å². The van der Waals surface area contributed by atoms with Crippen molar-refractivity contribution in [2.24, 2.45) is 0 Å². The molecule has 1 saturated heterocycles. The van der Waals surface area contributed by atoms with Gasteiger partial charge in [-0.2, -0.15) is 0 Å². The fourth-order valence-corrected chi connectivity index (χ4v) is 3.55. The second kappa shape index (κ2) is 8.53. The summed E-state index contributed by atoms with van der Waals surface area (Å²) in [6.45, 7) is 3.21. The zero-order valence-electron chi connectivity index (χ0n) is 16.3. The molecule has 3 N–H and O–H groups in total. The molecule has 0 radical (unpaired) electrons. The molecule has 7 nitrogen and oxygen atoms in total. The van der Waals surface area contributed by atoms with Crippen LogP contribution in [0.1, 0.15) is 23.2 Å². The number of hydrogen-bond donors (Lipinski definition) is 3. The van der Waals surface area contributed by atoms with Crippen molar-refractivity contribution >= 4 is 23.2 Å². The van der Waals surface area contributed by atoms with Crippen LogP contribution in [0.4, 0.5) is 11.4 Å². The average Bonchev–Trinajstić information content (AvgIpc) is 3.53. The number of piperazine rings is 1. The summed E-state index contributed by atoms with van der Waals surface area (Å²) in [6, 6.07) is 14.7. The lowest BCUT2D eigenvalue weighted by molar-refractivity contribution is -0.117. The molecule has 0 unspecified atom stereocenters. The van der Waals surface area contributed by atoms with Gasteiger partial charge in [-0.15, -0.1) is 0 Å². The quantitative estimate of drug-likeness (QED) is 0.698. The molecule has 152 valence electrons. The van der Waals surface area contributed by atoms with Crippen LogP contribution in [0.25, 0.3) is 0 Å². The van der Waals surface area contributed by atoms with Crippen LogP contribution in [0.3, 0.4) is 0 Å². The molecule has 7 heteroatoms. The monoisotopic (exact) mass is 394 g/mol. The lowest BCUT2D eigenvalue weighted by Gasteiger charge is -2.35. The third kappa shape index (κ3) is 4.86. The van der Waals surface area contributed by atoms with Crippen molar-refractivity contribution in [3.63, 3.8) is 0 Å². The smallest absolute Gasteiger partial charge is 0.253 e. The number of carbonyl (C=O) groups is 2. The number of benzene rings is 2. The molecule has 2 amide bonds. The van der Waals surface area contributed by atoms with Gasteiger partial charge in [0.25, 0.3) is 5.91 Å². The van der Waals surface area contributed by atoms with Gasteiger partial charge in [-0.05, 0) is 37.1 Å². The number of rotatable bonds is 6. The highest BCUT2D eigenvalue weighted by atomic mass is 16.3. The maximum atomic E-state index is 12.6. The second-order valence-electron chi connectivity index (χ2n) is 7.59. The van der Waals surface area contributed by atoms with Crippen molar-refractivity contribution in [2.75, 3.05) is 42.9 Å². The molecule has 1 saturated carbocycles. The van der Waals surface area contributed by atoms with Gasteiger partial charge in [0.1, 0.15) is 5.75 Å². The van der Waals surface area contributed by atoms with Gasteiger partial charge in [0, 0.05) is 32.2 Å². The highest BCUT2D eigenvalue weighted by Gasteiger charge is 2.25. The number of carbonyl (C=O) groups excluding carboxylic acids is 2. The van der Waals surface area contributed by atoms with Gasteiger partial charge in [-0.3, -0.25) is 14.5 Å². The zero-order chi connectivity index (χ0) is 20.2. The highest BCUT2D eigenvalue weighted by molar-refractivity contribution is 6.04. The predicted octanol–water partition coefficient (Wildman–Crippen LogP) is 2.05. The number of anilines is 2. The average molecular weight is 394 g/mol. The minimum atomic E-state index is -0.139. The minimum Gasteiger partial charge on any atom is -0.506 e. The van der Waals surface area contributed by atoms with E-state index < -0.39 is 0 Å². The van der Waals surface area contributed by atoms with Crippen LogP contribution in [0.2, 0.25) is 0 Å². The van der Waals surface area contributed by atoms with Gasteiger partial charge in [-0.25, -0.2) is 0 Å². The van der Waals surface area contributed by atoms with Crippen molar-refractivity contribution in [3.05, 3.63) is 54.1 Å². The van der Waals surface area contributed by atoms with Gasteiger partial charge in [0.15, 0.2) is 0 Å². The molecule has 0 atom stereocenters. The van der Waals surface area contributed by atoms with Gasteiger partial charge in [0.2, 0.25) is 5.91 Å². The molecule has 0 aromatic heterocycles. The van der Waals surface area contributed by atoms with Crippen LogP contribution in [0, 0.1) is 0 Å². The molecule has 0 bridgehead atoms. The second-order valence-corrected chi connectivity index (χ2v) is 7.59. The van der Waals surface area contributed by atoms with Crippen molar-refractivity contribution in [1.82, 2.24) is 10.2 Å². The Labute approximate surface area is 170 Å². The number of phenolic OH excluding ortho intramolecular Hbond substituents is 1. The number of nitrogens with zero attached hydrogens (tertiary/aromatic N) is 2. The Morgan fingerprint density at radius 2 is 1.66 bits per heavy atom. The van der Waals surface area contributed by atoms with Crippen molar-refractivity contribution in [1.29, 1.82) is 0 Å². The Balaban J connectivity index is 1.31. The lowest BCUT2D eigenvalue weighted by atomic mass is 10.1. The number of para-hydroxylation sites is 3. The van der Waals surface area contributed by atoms with Crippen LogP contribution in [0.5, 0.6) is 5.75 Å². The molecule has 2 aromatic carbocycles. The Morgan fingerprint density at radius 3 is 2.38 bits per heavy atom. The van der Waals surface area contributed by atoms with E-state index in [0.29, 0.717) is 11.3 Å². The number of phenols is 1. The molecule has 1 heterocycles. The van der Waals surface area contributed by atoms with E-state index >= 15 is 0 Å². The van der Waals surface area contributed by atoms with Gasteiger partial charge in [-0.1, -0.05) is 24.3 Å². The predicted molar refractivity (Wildman–Crippen MR) is 112 cm³/mol. The molecule has 2 aromatic rings. The topological polar surface area (TPSA) is 84.9 Å². The first-order chi connectivity index (χ1) is 14.1. The van der Waals surface area contributed by atoms with Crippen LogP contribution in [-0.4, -0.2) is 60.6 Å². The summed E-state index contributed by atoms with van der Waals surface area (Å²) in [7, 11) is 0. The first kappa shape index (κ1) is 19.3. The molecule has 29 heavy (non-hydrogen) atoms. The van der Waals surface area contributed by atoms with E-state index in [-0.39, 0.29) is 30.2 Å². The molecule has 1 aliphatic carbocycles. The van der Waals surface area contributed by atoms with E-state index in [1.54, 1.807) is 24.3 Å². The standard InChI is InChI=1S/C22H26N4O3/c27-20-8-4-3-7-19(20)26-13-11-25(12-14-26)15-21(28)24-18-6-2-1-5-17(18)22(29)23-16-9-10-16/h1-8,16,27H,9-15H2,(H,23,29)(H,24,28). The molecule has 1 aliphatic heterocycles. The van der Waals surface area contributed by atoms with Crippen LogP contribution in [-0.2, 0) is 4.79 Å². The minimum absolute atomic E-state index is 0.132. The maximum absolute atomic E-state index is 12.6. The van der Waals surface area contributed by atoms with Crippen LogP contribution in [0.15, 0.2) is 48.5 Å². The normalized spacial score (nSPS) is 17.0. The number of nitrogens with one attached hydrogen (secondary N) is 2. The molecule has 0 spiro atoms. The van der Waals surface area contributed by atoms with Crippen molar-refractivity contribution < 1.29 is 14.7 Å². The summed E-state index contributed by atoms with van der Waals surface area (Å²) in [4.78, 5) is 29.2. The van der Waals surface area contributed by atoms with Crippen LogP contribution >= 0.6 is 0 Å². The largest absolute Gasteiger partial charge is 0.506 e. The zero-order valence-corrected chi connectivity index (χ0v) is 16.3. The lowest BCUT2D eigenvalue weighted by Crippen LogP contribution is -2.48. The van der Waals surface area contributed by atoms with Crippen molar-refractivity contribution in [3.8, 4) is 5.75 Å². The Morgan fingerprint density at radius 1 is 0.966 bits per heavy atom. The third-order valence-electron chi connectivity index (χ3n) is 5.32. The van der Waals surface area contributed by atoms with Gasteiger partial charge < -0.3 is 20.6 Å². The summed E-state index contributed by atoms with van der Waals surface area (Å²) in [5, 5.41) is 15.9. The number of hydrogen-bond acceptors (Lipinski definition) is 5. The Bertz CT molecular complexity index is 889. The summed E-state index contributed by atoms with van der Waals surface area (Å²) < 4.78 is 0. The fraction of sp³-hybridized carbons (Fsp3) is 0.364. The summed E-state index contributed by atoms with van der Waals surface area (Å²) in [5.41, 5.74) is 1.87. The Kier molecular flexibility index (Phi) is 5.67. The summed E-state index contributed by atoms with van der Waals surface area (Å²) >= 11 is 0. The summed E-state index contributed by atoms with van der Waals surface area (Å²) in [5.74, 6) is 0.00661. The van der Waals surface area contributed by atoms with E-state index in [2.05, 4.69) is 20.4 Å². The van der Waals surface area contributed by atoms with E-state index in [9.17, 15) is 14.7 Å². The molecule has 2 aliphatic rings. The molecule has 4 rings (SSSR count). The van der Waals surface area contributed by atoms with E-state index in [4.69, 9.17) is 0 Å². The van der Waals surface area contributed by atoms with E-state index in [0.717, 1.165) is 44.7 Å². The SMILES string of the molecule is O=C(CN1CCN(c2ccccc2O)CC1)Nc1ccccc1C(=O)NC1CC1. The van der Waals surface area contributed by atoms with Gasteiger partial charge >= 0.3 is 0 Å². The molecule has 2 fully saturated rings. The first-order valence-electron chi connectivity index (χ1n) is 10.1. The van der Waals surface area contributed by atoms with E-state index in [1.807, 2.05) is 24.3 Å². The van der Waals surface area contributed by atoms with Gasteiger partial charge in [0.05, 0.1) is 23.5 Å². The Hall–Kier alpha value is -3.06. The fourth-order valence-electron chi connectivity index (χ4n) is 3.55. The highest BCUT2D eigenvalue weighted by Crippen LogP contribution is 2.27. The third-order valence-corrected chi connectivity index (χ3v) is 5.32. The number of amides is 2. The molecular formula is C22H26N4O3. The van der Waals surface area contributed by atoms with Crippen LogP contribution < -0.4 is 15.5 Å². The first-order valence-corrected chi connectivity index (χ1v) is 10.1. The molecular weight excluding hydrogens is 368 g/mol. The number of aromatic hydroxyl groups is 1. The maximum Gasteiger partial charge on any atom is 0.253 e. The summed E-state index contributed by atoms with van der Waals surface area (Å²) in [6.07, 6.45) is 2.04. The van der Waals surface area contributed by atoms with Crippen molar-refractivity contribution in [2.45, 2.75) is 18.9 Å².